The number of aliphatic hydroxyl groups is 1. The second-order valence-corrected chi connectivity index (χ2v) is 8.49. The fourth-order valence-electron chi connectivity index (χ4n) is 4.25. The minimum atomic E-state index is -0.548. The minimum Gasteiger partial charge on any atom is -0.394 e. The standard InChI is InChI=1S/C24H24ClN5O2/c25-17-5-3-4-15(8-17)22(14-31)29-24(32)21-9-16(11-26-21)20-13-28-23-19(20)10-18(12-27-23)30-6-1-2-7-30/h3-5,8-13,22,26,31H,1-2,6-7,14H2,(H,27,28)(H,29,32). The summed E-state index contributed by atoms with van der Waals surface area (Å²) in [6.45, 7) is 1.88. The number of anilines is 1. The van der Waals surface area contributed by atoms with Gasteiger partial charge < -0.3 is 25.3 Å². The molecule has 0 radical (unpaired) electrons. The van der Waals surface area contributed by atoms with Crippen LogP contribution in [0.2, 0.25) is 5.02 Å². The third kappa shape index (κ3) is 3.97. The van der Waals surface area contributed by atoms with E-state index in [0.29, 0.717) is 10.7 Å². The molecule has 1 unspecified atom stereocenters. The second-order valence-electron chi connectivity index (χ2n) is 8.05. The molecule has 0 spiro atoms. The first-order valence-corrected chi connectivity index (χ1v) is 11.1. The van der Waals surface area contributed by atoms with Gasteiger partial charge in [0.25, 0.3) is 5.91 Å². The van der Waals surface area contributed by atoms with Gasteiger partial charge in [0.2, 0.25) is 0 Å². The van der Waals surface area contributed by atoms with Crippen LogP contribution in [-0.4, -0.2) is 45.7 Å². The molecule has 0 aliphatic carbocycles. The largest absolute Gasteiger partial charge is 0.394 e. The van der Waals surface area contributed by atoms with E-state index in [1.165, 1.54) is 12.8 Å². The number of nitrogens with one attached hydrogen (secondary N) is 3. The molecule has 1 fully saturated rings. The van der Waals surface area contributed by atoms with Gasteiger partial charge in [-0.2, -0.15) is 0 Å². The fourth-order valence-corrected chi connectivity index (χ4v) is 4.45. The predicted molar refractivity (Wildman–Crippen MR) is 126 cm³/mol. The number of aliphatic hydroxyl groups excluding tert-OH is 1. The Morgan fingerprint density at radius 2 is 2.03 bits per heavy atom. The number of carbonyl (C=O) groups excluding carboxylic acids is 1. The van der Waals surface area contributed by atoms with Crippen molar-refractivity contribution >= 4 is 34.2 Å². The van der Waals surface area contributed by atoms with E-state index >= 15 is 0 Å². The third-order valence-corrected chi connectivity index (χ3v) is 6.20. The molecule has 0 saturated carbocycles. The lowest BCUT2D eigenvalue weighted by molar-refractivity contribution is 0.0912. The molecule has 8 heteroatoms. The van der Waals surface area contributed by atoms with Gasteiger partial charge in [-0.1, -0.05) is 23.7 Å². The van der Waals surface area contributed by atoms with Crippen LogP contribution in [0.5, 0.6) is 0 Å². The van der Waals surface area contributed by atoms with Crippen molar-refractivity contribution in [2.24, 2.45) is 0 Å². The Balaban J connectivity index is 1.39. The Hall–Kier alpha value is -3.29. The fraction of sp³-hybridized carbons (Fsp3) is 0.250. The number of fused-ring (bicyclic) bond motifs is 1. The van der Waals surface area contributed by atoms with Crippen LogP contribution >= 0.6 is 11.6 Å². The summed E-state index contributed by atoms with van der Waals surface area (Å²) in [5.74, 6) is -0.300. The van der Waals surface area contributed by atoms with Crippen molar-refractivity contribution < 1.29 is 9.90 Å². The van der Waals surface area contributed by atoms with Crippen LogP contribution in [0.15, 0.2) is 55.0 Å². The first-order chi connectivity index (χ1) is 15.6. The van der Waals surface area contributed by atoms with Gasteiger partial charge in [0, 0.05) is 47.0 Å². The van der Waals surface area contributed by atoms with Crippen molar-refractivity contribution in [3.63, 3.8) is 0 Å². The monoisotopic (exact) mass is 449 g/mol. The lowest BCUT2D eigenvalue weighted by Crippen LogP contribution is -2.31. The zero-order valence-electron chi connectivity index (χ0n) is 17.4. The molecular formula is C24H24ClN5O2. The molecule has 3 aromatic heterocycles. The smallest absolute Gasteiger partial charge is 0.268 e. The number of hydrogen-bond acceptors (Lipinski definition) is 4. The topological polar surface area (TPSA) is 97.0 Å². The Labute approximate surface area is 190 Å². The molecule has 1 aliphatic heterocycles. The maximum absolute atomic E-state index is 12.8. The number of hydrogen-bond donors (Lipinski definition) is 4. The van der Waals surface area contributed by atoms with E-state index in [4.69, 9.17) is 11.6 Å². The molecule has 1 aliphatic rings. The number of pyridine rings is 1. The van der Waals surface area contributed by atoms with Crippen LogP contribution < -0.4 is 10.2 Å². The summed E-state index contributed by atoms with van der Waals surface area (Å²) in [5.41, 5.74) is 4.98. The summed E-state index contributed by atoms with van der Waals surface area (Å²) in [6.07, 6.45) is 8.05. The van der Waals surface area contributed by atoms with Gasteiger partial charge in [0.05, 0.1) is 24.5 Å². The normalized spacial score (nSPS) is 14.8. The third-order valence-electron chi connectivity index (χ3n) is 5.97. The molecule has 164 valence electrons. The van der Waals surface area contributed by atoms with E-state index in [1.807, 2.05) is 30.7 Å². The van der Waals surface area contributed by atoms with Crippen LogP contribution in [0.25, 0.3) is 22.2 Å². The number of aromatic nitrogens is 3. The molecule has 4 heterocycles. The van der Waals surface area contributed by atoms with Crippen LogP contribution in [0.3, 0.4) is 0 Å². The number of rotatable bonds is 6. The van der Waals surface area contributed by atoms with Gasteiger partial charge in [-0.05, 0) is 42.7 Å². The zero-order valence-corrected chi connectivity index (χ0v) is 18.2. The van der Waals surface area contributed by atoms with Crippen LogP contribution in [-0.2, 0) is 0 Å². The van der Waals surface area contributed by atoms with Crippen LogP contribution in [0.1, 0.15) is 34.9 Å². The highest BCUT2D eigenvalue weighted by atomic mass is 35.5. The lowest BCUT2D eigenvalue weighted by atomic mass is 10.1. The average molecular weight is 450 g/mol. The number of benzene rings is 1. The molecule has 4 N–H and O–H groups in total. The molecule has 0 bridgehead atoms. The van der Waals surface area contributed by atoms with Crippen molar-refractivity contribution in [2.75, 3.05) is 24.6 Å². The SMILES string of the molecule is O=C(NC(CO)c1cccc(Cl)c1)c1cc(-c2c[nH]c3ncc(N4CCCC4)cc23)c[nH]1. The first kappa shape index (κ1) is 20.6. The quantitative estimate of drug-likeness (QED) is 0.353. The zero-order chi connectivity index (χ0) is 22.1. The van der Waals surface area contributed by atoms with Gasteiger partial charge >= 0.3 is 0 Å². The van der Waals surface area contributed by atoms with Crippen molar-refractivity contribution in [3.8, 4) is 11.1 Å². The summed E-state index contributed by atoms with van der Waals surface area (Å²) in [4.78, 5) is 26.0. The number of amides is 1. The summed E-state index contributed by atoms with van der Waals surface area (Å²) in [5, 5.41) is 14.2. The molecular weight excluding hydrogens is 426 g/mol. The van der Waals surface area contributed by atoms with Crippen molar-refractivity contribution in [1.29, 1.82) is 0 Å². The Morgan fingerprint density at radius 3 is 2.81 bits per heavy atom. The summed E-state index contributed by atoms with van der Waals surface area (Å²) in [6, 6.07) is 10.5. The first-order valence-electron chi connectivity index (χ1n) is 10.7. The number of aromatic amines is 2. The van der Waals surface area contributed by atoms with E-state index in [1.54, 1.807) is 18.2 Å². The van der Waals surface area contributed by atoms with Gasteiger partial charge in [-0.15, -0.1) is 0 Å². The maximum Gasteiger partial charge on any atom is 0.268 e. The van der Waals surface area contributed by atoms with E-state index in [9.17, 15) is 9.90 Å². The molecule has 1 saturated heterocycles. The van der Waals surface area contributed by atoms with Crippen molar-refractivity contribution in [3.05, 3.63) is 71.3 Å². The highest BCUT2D eigenvalue weighted by molar-refractivity contribution is 6.30. The van der Waals surface area contributed by atoms with Crippen molar-refractivity contribution in [2.45, 2.75) is 18.9 Å². The molecule has 7 nitrogen and oxygen atoms in total. The molecule has 4 aromatic rings. The minimum absolute atomic E-state index is 0.229. The summed E-state index contributed by atoms with van der Waals surface area (Å²) < 4.78 is 0. The Morgan fingerprint density at radius 1 is 1.19 bits per heavy atom. The van der Waals surface area contributed by atoms with Crippen LogP contribution in [0.4, 0.5) is 5.69 Å². The summed E-state index contributed by atoms with van der Waals surface area (Å²) >= 11 is 6.05. The van der Waals surface area contributed by atoms with E-state index in [0.717, 1.165) is 46.5 Å². The van der Waals surface area contributed by atoms with Gasteiger partial charge in [0.15, 0.2) is 0 Å². The molecule has 32 heavy (non-hydrogen) atoms. The molecule has 1 atom stereocenters. The average Bonchev–Trinajstić information content (AvgIpc) is 3.57. The summed E-state index contributed by atoms with van der Waals surface area (Å²) in [7, 11) is 0. The molecule has 1 amide bonds. The van der Waals surface area contributed by atoms with Gasteiger partial charge in [-0.25, -0.2) is 4.98 Å². The number of halogens is 1. The number of H-pyrrole nitrogens is 2. The van der Waals surface area contributed by atoms with E-state index in [-0.39, 0.29) is 12.5 Å². The van der Waals surface area contributed by atoms with E-state index < -0.39 is 6.04 Å². The molecule has 5 rings (SSSR count). The van der Waals surface area contributed by atoms with Gasteiger partial charge in [0.1, 0.15) is 11.3 Å². The predicted octanol–water partition coefficient (Wildman–Crippen LogP) is 4.28. The lowest BCUT2D eigenvalue weighted by Gasteiger charge is -2.17. The Bertz CT molecular complexity index is 1260. The highest BCUT2D eigenvalue weighted by Crippen LogP contribution is 2.32. The van der Waals surface area contributed by atoms with Crippen molar-refractivity contribution in [1.82, 2.24) is 20.3 Å². The Kier molecular flexibility index (Phi) is 5.59. The second kappa shape index (κ2) is 8.68. The maximum atomic E-state index is 12.8. The van der Waals surface area contributed by atoms with Crippen LogP contribution in [0, 0.1) is 0 Å². The number of carbonyl (C=O) groups is 1. The van der Waals surface area contributed by atoms with E-state index in [2.05, 4.69) is 31.2 Å². The molecule has 1 aromatic carbocycles. The van der Waals surface area contributed by atoms with Gasteiger partial charge in [-0.3, -0.25) is 4.79 Å². The number of nitrogens with zero attached hydrogens (tertiary/aromatic N) is 2. The highest BCUT2D eigenvalue weighted by Gasteiger charge is 2.19.